The summed E-state index contributed by atoms with van der Waals surface area (Å²) in [6.45, 7) is 3.89. The molecule has 3 aromatic rings. The van der Waals surface area contributed by atoms with Gasteiger partial charge in [0.25, 0.3) is 11.3 Å². The van der Waals surface area contributed by atoms with Gasteiger partial charge in [-0.05, 0) is 43.7 Å². The number of fused-ring (bicyclic) bond motifs is 1. The van der Waals surface area contributed by atoms with E-state index < -0.39 is 5.76 Å². The summed E-state index contributed by atoms with van der Waals surface area (Å²) >= 11 is 1.90. The largest absolute Gasteiger partial charge is 0.496 e. The maximum absolute atomic E-state index is 12.9. The number of nitrogens with zero attached hydrogens (tertiary/aromatic N) is 2. The van der Waals surface area contributed by atoms with E-state index in [0.717, 1.165) is 5.56 Å². The van der Waals surface area contributed by atoms with Crippen molar-refractivity contribution in [3.8, 4) is 5.75 Å². The summed E-state index contributed by atoms with van der Waals surface area (Å²) in [6, 6.07) is 12.4. The number of halogens is 2. The van der Waals surface area contributed by atoms with Crippen molar-refractivity contribution >= 4 is 34.4 Å². The van der Waals surface area contributed by atoms with Crippen molar-refractivity contribution in [3.05, 3.63) is 58.4 Å². The van der Waals surface area contributed by atoms with Crippen LogP contribution < -0.4 is 10.3 Å². The molecule has 0 atom stereocenters. The molecule has 0 spiro atoms. The Bertz CT molecular complexity index is 1040. The van der Waals surface area contributed by atoms with Crippen molar-refractivity contribution in [2.24, 2.45) is 0 Å². The monoisotopic (exact) mass is 422 g/mol. The number of benzene rings is 2. The molecule has 0 aliphatic rings. The van der Waals surface area contributed by atoms with E-state index in [-0.39, 0.29) is 11.6 Å². The van der Waals surface area contributed by atoms with Gasteiger partial charge in [-0.15, -0.1) is 0 Å². The molecule has 0 aliphatic heterocycles. The van der Waals surface area contributed by atoms with E-state index in [9.17, 15) is 13.6 Å². The molecule has 0 amide bonds. The third-order valence-electron chi connectivity index (χ3n) is 4.10. The molecule has 1 heterocycles. The molecule has 148 valence electrons. The number of para-hydroxylation sites is 1. The summed E-state index contributed by atoms with van der Waals surface area (Å²) < 4.78 is 32.2. The van der Waals surface area contributed by atoms with Gasteiger partial charge in [-0.2, -0.15) is 8.78 Å². The lowest BCUT2D eigenvalue weighted by molar-refractivity contribution is 0.251. The minimum atomic E-state index is -2.50. The standard InChI is InChI=1S/C20H20F2N2O2S2/c1-12(2)24-18(25)14-6-4-5-7-15(14)23-20(24)27-11-13-8-9-17(28-19(21)22)16(10-13)26-3/h4-10,12,19H,11H2,1-3H3. The predicted octanol–water partition coefficient (Wildman–Crippen LogP) is 5.59. The van der Waals surface area contributed by atoms with E-state index in [1.165, 1.54) is 18.9 Å². The van der Waals surface area contributed by atoms with Crippen molar-refractivity contribution in [1.29, 1.82) is 0 Å². The maximum Gasteiger partial charge on any atom is 0.289 e. The molecule has 0 saturated heterocycles. The van der Waals surface area contributed by atoms with E-state index >= 15 is 0 Å². The predicted molar refractivity (Wildman–Crippen MR) is 111 cm³/mol. The summed E-state index contributed by atoms with van der Waals surface area (Å²) in [5.41, 5.74) is 1.50. The van der Waals surface area contributed by atoms with Crippen LogP contribution in [0.25, 0.3) is 10.9 Å². The van der Waals surface area contributed by atoms with E-state index in [4.69, 9.17) is 4.74 Å². The van der Waals surface area contributed by atoms with E-state index in [1.807, 2.05) is 32.0 Å². The molecule has 0 radical (unpaired) electrons. The third kappa shape index (κ3) is 4.50. The smallest absolute Gasteiger partial charge is 0.289 e. The SMILES string of the molecule is COc1cc(CSc2nc3ccccc3c(=O)n2C(C)C)ccc1SC(F)F. The van der Waals surface area contributed by atoms with E-state index in [0.29, 0.717) is 44.2 Å². The number of thioether (sulfide) groups is 2. The average Bonchev–Trinajstić information content (AvgIpc) is 2.66. The molecule has 0 bridgehead atoms. The number of hydrogen-bond donors (Lipinski definition) is 0. The fraction of sp³-hybridized carbons (Fsp3) is 0.300. The normalized spacial score (nSPS) is 11.5. The van der Waals surface area contributed by atoms with Crippen LogP contribution in [0.15, 0.2) is 57.3 Å². The van der Waals surface area contributed by atoms with E-state index in [2.05, 4.69) is 4.98 Å². The Hall–Kier alpha value is -2.06. The highest BCUT2D eigenvalue weighted by atomic mass is 32.2. The number of hydrogen-bond acceptors (Lipinski definition) is 5. The van der Waals surface area contributed by atoms with Gasteiger partial charge in [-0.3, -0.25) is 9.36 Å². The van der Waals surface area contributed by atoms with E-state index in [1.54, 1.807) is 28.8 Å². The van der Waals surface area contributed by atoms with Gasteiger partial charge in [0, 0.05) is 11.8 Å². The van der Waals surface area contributed by atoms with Crippen molar-refractivity contribution in [3.63, 3.8) is 0 Å². The van der Waals surface area contributed by atoms with Gasteiger partial charge in [-0.25, -0.2) is 4.98 Å². The molecule has 0 fully saturated rings. The Morgan fingerprint density at radius 1 is 1.18 bits per heavy atom. The summed E-state index contributed by atoms with van der Waals surface area (Å²) in [6.07, 6.45) is 0. The van der Waals surface area contributed by atoms with Gasteiger partial charge < -0.3 is 4.74 Å². The zero-order valence-electron chi connectivity index (χ0n) is 15.7. The van der Waals surface area contributed by atoms with Gasteiger partial charge in [0.15, 0.2) is 5.16 Å². The lowest BCUT2D eigenvalue weighted by Gasteiger charge is -2.16. The summed E-state index contributed by atoms with van der Waals surface area (Å²) in [5, 5.41) is 1.22. The van der Waals surface area contributed by atoms with Crippen LogP contribution in [0.2, 0.25) is 0 Å². The Morgan fingerprint density at radius 3 is 2.61 bits per heavy atom. The minimum absolute atomic E-state index is 0.0357. The average molecular weight is 423 g/mol. The van der Waals surface area contributed by atoms with Crippen LogP contribution in [0.3, 0.4) is 0 Å². The van der Waals surface area contributed by atoms with Crippen LogP contribution in [-0.4, -0.2) is 22.4 Å². The number of rotatable bonds is 7. The highest BCUT2D eigenvalue weighted by Gasteiger charge is 2.15. The molecule has 4 nitrogen and oxygen atoms in total. The zero-order valence-corrected chi connectivity index (χ0v) is 17.3. The number of methoxy groups -OCH3 is 1. The number of ether oxygens (including phenoxy) is 1. The lowest BCUT2D eigenvalue weighted by atomic mass is 10.2. The number of aromatic nitrogens is 2. The Kier molecular flexibility index (Phi) is 6.61. The first-order valence-corrected chi connectivity index (χ1v) is 10.5. The second kappa shape index (κ2) is 8.96. The molecule has 2 aromatic carbocycles. The van der Waals surface area contributed by atoms with Crippen LogP contribution in [0.5, 0.6) is 5.75 Å². The quantitative estimate of drug-likeness (QED) is 0.367. The highest BCUT2D eigenvalue weighted by Crippen LogP contribution is 2.35. The van der Waals surface area contributed by atoms with Crippen LogP contribution in [0, 0.1) is 0 Å². The van der Waals surface area contributed by atoms with Crippen molar-refractivity contribution in [2.45, 2.75) is 41.5 Å². The van der Waals surface area contributed by atoms with Crippen LogP contribution >= 0.6 is 23.5 Å². The molecule has 0 aliphatic carbocycles. The van der Waals surface area contributed by atoms with Crippen molar-refractivity contribution in [1.82, 2.24) is 9.55 Å². The molecule has 3 rings (SSSR count). The van der Waals surface area contributed by atoms with Crippen LogP contribution in [-0.2, 0) is 5.75 Å². The highest BCUT2D eigenvalue weighted by molar-refractivity contribution is 7.99. The van der Waals surface area contributed by atoms with Gasteiger partial charge in [0.05, 0.1) is 22.9 Å². The second-order valence-electron chi connectivity index (χ2n) is 6.33. The number of alkyl halides is 2. The topological polar surface area (TPSA) is 44.1 Å². The molecule has 0 N–H and O–H groups in total. The molecular formula is C20H20F2N2O2S2. The first-order chi connectivity index (χ1) is 13.4. The fourth-order valence-corrected chi connectivity index (χ4v) is 4.49. The molecule has 28 heavy (non-hydrogen) atoms. The Balaban J connectivity index is 1.91. The minimum Gasteiger partial charge on any atom is -0.496 e. The maximum atomic E-state index is 12.9. The summed E-state index contributed by atoms with van der Waals surface area (Å²) in [4.78, 5) is 17.9. The molecule has 8 heteroatoms. The Labute approximate surface area is 170 Å². The first-order valence-electron chi connectivity index (χ1n) is 8.66. The lowest BCUT2D eigenvalue weighted by Crippen LogP contribution is -2.25. The molecule has 0 saturated carbocycles. The van der Waals surface area contributed by atoms with Crippen molar-refractivity contribution < 1.29 is 13.5 Å². The Morgan fingerprint density at radius 2 is 1.93 bits per heavy atom. The zero-order chi connectivity index (χ0) is 20.3. The first kappa shape index (κ1) is 20.7. The molecular weight excluding hydrogens is 402 g/mol. The van der Waals surface area contributed by atoms with Gasteiger partial charge in [0.1, 0.15) is 5.75 Å². The van der Waals surface area contributed by atoms with Crippen molar-refractivity contribution in [2.75, 3.05) is 7.11 Å². The fourth-order valence-electron chi connectivity index (χ4n) is 2.83. The molecule has 0 unspecified atom stereocenters. The molecule has 1 aromatic heterocycles. The van der Waals surface area contributed by atoms with Crippen LogP contribution in [0.4, 0.5) is 8.78 Å². The van der Waals surface area contributed by atoms with Gasteiger partial charge in [-0.1, -0.05) is 41.7 Å². The third-order valence-corrected chi connectivity index (χ3v) is 5.90. The van der Waals surface area contributed by atoms with Crippen LogP contribution in [0.1, 0.15) is 25.5 Å². The van der Waals surface area contributed by atoms with Gasteiger partial charge >= 0.3 is 0 Å². The second-order valence-corrected chi connectivity index (χ2v) is 8.31. The van der Waals surface area contributed by atoms with Gasteiger partial charge in [0.2, 0.25) is 0 Å². The summed E-state index contributed by atoms with van der Waals surface area (Å²) in [7, 11) is 1.46. The summed E-state index contributed by atoms with van der Waals surface area (Å²) in [5.74, 6) is -1.56.